The fourth-order valence-corrected chi connectivity index (χ4v) is 3.84. The number of carbonyl (C=O) groups is 3. The van der Waals surface area contributed by atoms with Gasteiger partial charge in [-0.05, 0) is 36.8 Å². The highest BCUT2D eigenvalue weighted by molar-refractivity contribution is 6.10. The van der Waals surface area contributed by atoms with E-state index in [1.807, 2.05) is 24.3 Å². The van der Waals surface area contributed by atoms with Gasteiger partial charge in [0.15, 0.2) is 0 Å². The molecule has 0 saturated heterocycles. The third-order valence-electron chi connectivity index (χ3n) is 5.66. The predicted octanol–water partition coefficient (Wildman–Crippen LogP) is 4.23. The molecule has 3 aromatic carbocycles. The number of hydrogen-bond donors (Lipinski definition) is 3. The molecule has 0 saturated carbocycles. The van der Waals surface area contributed by atoms with Gasteiger partial charge in [0.05, 0.1) is 22.8 Å². The van der Waals surface area contributed by atoms with Crippen molar-refractivity contribution in [1.82, 2.24) is 10.3 Å². The van der Waals surface area contributed by atoms with Crippen molar-refractivity contribution in [3.8, 4) is 0 Å². The van der Waals surface area contributed by atoms with Crippen LogP contribution in [0.3, 0.4) is 0 Å². The number of non-ortho nitro benzene ring substituents is 1. The lowest BCUT2D eigenvalue weighted by atomic mass is 10.0. The Balaban J connectivity index is 1.52. The van der Waals surface area contributed by atoms with Crippen molar-refractivity contribution in [2.24, 2.45) is 0 Å². The van der Waals surface area contributed by atoms with Gasteiger partial charge >= 0.3 is 5.97 Å². The van der Waals surface area contributed by atoms with Crippen molar-refractivity contribution in [1.29, 1.82) is 0 Å². The largest absolute Gasteiger partial charge is 0.464 e. The Kier molecular flexibility index (Phi) is 7.58. The number of benzene rings is 3. The molecule has 0 aliphatic carbocycles. The molecule has 1 unspecified atom stereocenters. The number of esters is 1. The minimum Gasteiger partial charge on any atom is -0.464 e. The van der Waals surface area contributed by atoms with Crippen LogP contribution in [0.5, 0.6) is 0 Å². The van der Waals surface area contributed by atoms with Crippen LogP contribution >= 0.6 is 0 Å². The third kappa shape index (κ3) is 5.99. The molecule has 0 spiro atoms. The molecule has 0 aliphatic rings. The van der Waals surface area contributed by atoms with Gasteiger partial charge in [0.25, 0.3) is 17.5 Å². The predicted molar refractivity (Wildman–Crippen MR) is 137 cm³/mol. The molecular weight excluding hydrogens is 476 g/mol. The van der Waals surface area contributed by atoms with Crippen molar-refractivity contribution >= 4 is 40.1 Å². The third-order valence-corrected chi connectivity index (χ3v) is 5.66. The molecule has 3 N–H and O–H groups in total. The van der Waals surface area contributed by atoms with Crippen LogP contribution in [0, 0.1) is 10.1 Å². The van der Waals surface area contributed by atoms with Gasteiger partial charge in [0, 0.05) is 29.5 Å². The number of anilines is 1. The van der Waals surface area contributed by atoms with E-state index in [4.69, 9.17) is 4.74 Å². The summed E-state index contributed by atoms with van der Waals surface area (Å²) in [4.78, 5) is 52.2. The molecule has 1 aromatic heterocycles. The number of fused-ring (bicyclic) bond motifs is 1. The minimum atomic E-state index is -1.05. The Labute approximate surface area is 211 Å². The van der Waals surface area contributed by atoms with Gasteiger partial charge in [-0.15, -0.1) is 0 Å². The fraction of sp³-hybridized carbons (Fsp3) is 0.148. The molecule has 10 nitrogen and oxygen atoms in total. The number of nitrogens with zero attached hydrogens (tertiary/aromatic N) is 1. The summed E-state index contributed by atoms with van der Waals surface area (Å²) in [6.07, 6.45) is 0.0617. The Bertz CT molecular complexity index is 1430. The average Bonchev–Trinajstić information content (AvgIpc) is 3.34. The number of carbonyl (C=O) groups excluding carboxylic acids is 3. The van der Waals surface area contributed by atoms with E-state index >= 15 is 0 Å². The number of nitro groups is 1. The smallest absolute Gasteiger partial charge is 0.328 e. The number of hydrogen-bond acceptors (Lipinski definition) is 6. The van der Waals surface area contributed by atoms with Gasteiger partial charge in [0.1, 0.15) is 11.7 Å². The van der Waals surface area contributed by atoms with Crippen molar-refractivity contribution in [3.05, 3.63) is 106 Å². The molecule has 0 fully saturated rings. The fourth-order valence-electron chi connectivity index (χ4n) is 3.84. The second-order valence-electron chi connectivity index (χ2n) is 8.18. The highest BCUT2D eigenvalue weighted by atomic mass is 16.6. The van der Waals surface area contributed by atoms with Crippen molar-refractivity contribution in [2.45, 2.75) is 19.4 Å². The Morgan fingerprint density at radius 1 is 0.973 bits per heavy atom. The maximum absolute atomic E-state index is 13.2. The molecule has 4 aromatic rings. The zero-order chi connectivity index (χ0) is 26.4. The first-order chi connectivity index (χ1) is 17.9. The second-order valence-corrected chi connectivity index (χ2v) is 8.18. The molecule has 10 heteroatoms. The van der Waals surface area contributed by atoms with Crippen LogP contribution in [0.25, 0.3) is 10.9 Å². The number of rotatable bonds is 9. The molecule has 1 atom stereocenters. The number of para-hydroxylation sites is 2. The van der Waals surface area contributed by atoms with Crippen LogP contribution in [0.15, 0.2) is 78.9 Å². The number of amides is 2. The topological polar surface area (TPSA) is 143 Å². The number of nitro benzene ring substituents is 1. The summed E-state index contributed by atoms with van der Waals surface area (Å²) in [5.41, 5.74) is 2.08. The first-order valence-corrected chi connectivity index (χ1v) is 11.5. The number of ether oxygens (including phenoxy) is 1. The summed E-state index contributed by atoms with van der Waals surface area (Å²) in [5, 5.41) is 17.2. The van der Waals surface area contributed by atoms with Gasteiger partial charge in [-0.1, -0.05) is 42.5 Å². The van der Waals surface area contributed by atoms with Gasteiger partial charge in [-0.2, -0.15) is 0 Å². The lowest BCUT2D eigenvalue weighted by Gasteiger charge is -2.18. The van der Waals surface area contributed by atoms with Crippen molar-refractivity contribution in [3.63, 3.8) is 0 Å². The Morgan fingerprint density at radius 3 is 2.38 bits per heavy atom. The Morgan fingerprint density at radius 2 is 1.68 bits per heavy atom. The maximum Gasteiger partial charge on any atom is 0.328 e. The van der Waals surface area contributed by atoms with E-state index in [1.165, 1.54) is 30.3 Å². The second kappa shape index (κ2) is 11.2. The quantitative estimate of drug-likeness (QED) is 0.178. The average molecular weight is 501 g/mol. The van der Waals surface area contributed by atoms with Gasteiger partial charge < -0.3 is 20.4 Å². The first kappa shape index (κ1) is 25.1. The number of aromatic nitrogens is 1. The van der Waals surface area contributed by atoms with E-state index in [9.17, 15) is 24.5 Å². The molecule has 4 rings (SSSR count). The van der Waals surface area contributed by atoms with Gasteiger partial charge in [0.2, 0.25) is 0 Å². The van der Waals surface area contributed by atoms with E-state index in [1.54, 1.807) is 31.2 Å². The number of nitrogens with one attached hydrogen (secondary N) is 3. The molecule has 188 valence electrons. The zero-order valence-electron chi connectivity index (χ0n) is 19.9. The summed E-state index contributed by atoms with van der Waals surface area (Å²) in [7, 11) is 0. The van der Waals surface area contributed by atoms with E-state index < -0.39 is 28.7 Å². The molecule has 1 heterocycles. The van der Waals surface area contributed by atoms with Crippen LogP contribution in [0.4, 0.5) is 11.4 Å². The monoisotopic (exact) mass is 500 g/mol. The van der Waals surface area contributed by atoms with Crippen molar-refractivity contribution in [2.75, 3.05) is 11.9 Å². The van der Waals surface area contributed by atoms with E-state index in [0.29, 0.717) is 11.3 Å². The van der Waals surface area contributed by atoms with E-state index in [-0.39, 0.29) is 30.0 Å². The number of aromatic amines is 1. The van der Waals surface area contributed by atoms with Crippen molar-refractivity contribution < 1.29 is 24.0 Å². The normalized spacial score (nSPS) is 11.5. The first-order valence-electron chi connectivity index (χ1n) is 11.5. The highest BCUT2D eigenvalue weighted by Crippen LogP contribution is 2.20. The lowest BCUT2D eigenvalue weighted by molar-refractivity contribution is -0.384. The van der Waals surface area contributed by atoms with Crippen LogP contribution < -0.4 is 10.6 Å². The summed E-state index contributed by atoms with van der Waals surface area (Å²) in [6.45, 7) is 1.76. The van der Waals surface area contributed by atoms with E-state index in [0.717, 1.165) is 10.9 Å². The summed E-state index contributed by atoms with van der Waals surface area (Å²) in [6, 6.07) is 20.3. The van der Waals surface area contributed by atoms with E-state index in [2.05, 4.69) is 15.6 Å². The minimum absolute atomic E-state index is 0.0617. The number of H-pyrrole nitrogens is 1. The molecule has 2 amide bonds. The zero-order valence-corrected chi connectivity index (χ0v) is 19.9. The van der Waals surface area contributed by atoms with Crippen LogP contribution in [-0.2, 0) is 16.0 Å². The van der Waals surface area contributed by atoms with Crippen LogP contribution in [0.2, 0.25) is 0 Å². The van der Waals surface area contributed by atoms with Crippen LogP contribution in [0.1, 0.15) is 33.3 Å². The molecule has 0 aliphatic heterocycles. The Hall–Kier alpha value is -4.99. The highest BCUT2D eigenvalue weighted by Gasteiger charge is 2.25. The van der Waals surface area contributed by atoms with Crippen LogP contribution in [-0.4, -0.2) is 40.3 Å². The summed E-state index contributed by atoms with van der Waals surface area (Å²) in [5.74, 6) is -1.66. The lowest BCUT2D eigenvalue weighted by Crippen LogP contribution is -2.43. The molecule has 0 bridgehead atoms. The molecule has 37 heavy (non-hydrogen) atoms. The van der Waals surface area contributed by atoms with Gasteiger partial charge in [-0.3, -0.25) is 19.7 Å². The van der Waals surface area contributed by atoms with Gasteiger partial charge in [-0.25, -0.2) is 4.79 Å². The summed E-state index contributed by atoms with van der Waals surface area (Å²) >= 11 is 0. The standard InChI is InChI=1S/C27H24N4O6/c1-2-37-27(34)24(15-17-11-13-19(14-12-17)31(35)36)30-25(32)20-8-4-6-10-22(20)29-26(33)23-16-18-7-3-5-9-21(18)28-23/h3-14,16,24,28H,2,15H2,1H3,(H,29,33)(H,30,32). The molecular formula is C27H24N4O6. The molecule has 0 radical (unpaired) electrons. The maximum atomic E-state index is 13.2. The SMILES string of the molecule is CCOC(=O)C(Cc1ccc([N+](=O)[O-])cc1)NC(=O)c1ccccc1NC(=O)c1cc2ccccc2[nH]1. The summed E-state index contributed by atoms with van der Waals surface area (Å²) < 4.78 is 5.12.